The highest BCUT2D eigenvalue weighted by molar-refractivity contribution is 6.33. The van der Waals surface area contributed by atoms with Gasteiger partial charge in [0, 0.05) is 29.8 Å². The minimum atomic E-state index is -0.375. The zero-order chi connectivity index (χ0) is 20.1. The van der Waals surface area contributed by atoms with Crippen LogP contribution >= 0.6 is 11.6 Å². The van der Waals surface area contributed by atoms with Crippen molar-refractivity contribution >= 4 is 40.5 Å². The number of anilines is 4. The van der Waals surface area contributed by atoms with Crippen LogP contribution in [0.4, 0.5) is 27.7 Å². The molecule has 29 heavy (non-hydrogen) atoms. The first-order valence-electron chi connectivity index (χ1n) is 8.67. The van der Waals surface area contributed by atoms with Gasteiger partial charge in [0.15, 0.2) is 0 Å². The van der Waals surface area contributed by atoms with Crippen molar-refractivity contribution in [1.82, 2.24) is 19.5 Å². The Morgan fingerprint density at radius 3 is 2.52 bits per heavy atom. The number of halogens is 1. The van der Waals surface area contributed by atoms with Crippen LogP contribution in [0.2, 0.25) is 5.02 Å². The van der Waals surface area contributed by atoms with Gasteiger partial charge in [-0.2, -0.15) is 0 Å². The molecule has 0 bridgehead atoms. The van der Waals surface area contributed by atoms with Crippen LogP contribution in [0.5, 0.6) is 0 Å². The zero-order valence-corrected chi connectivity index (χ0v) is 15.8. The number of aromatic nitrogens is 4. The number of para-hydroxylation sites is 1. The van der Waals surface area contributed by atoms with Crippen LogP contribution < -0.4 is 16.0 Å². The molecule has 4 aromatic rings. The van der Waals surface area contributed by atoms with Gasteiger partial charge in [0.05, 0.1) is 10.7 Å². The minimum Gasteiger partial charge on any atom is -0.340 e. The Morgan fingerprint density at radius 1 is 0.966 bits per heavy atom. The molecule has 0 atom stereocenters. The van der Waals surface area contributed by atoms with E-state index in [2.05, 4.69) is 30.9 Å². The predicted molar refractivity (Wildman–Crippen MR) is 113 cm³/mol. The number of hydrogen-bond acceptors (Lipinski definition) is 5. The number of carbonyl (C=O) groups excluding carboxylic acids is 1. The van der Waals surface area contributed by atoms with Gasteiger partial charge in [-0.3, -0.25) is 4.57 Å². The molecule has 0 aliphatic carbocycles. The van der Waals surface area contributed by atoms with Crippen molar-refractivity contribution in [2.45, 2.75) is 0 Å². The van der Waals surface area contributed by atoms with Gasteiger partial charge in [-0.25, -0.2) is 19.7 Å². The Labute approximate surface area is 171 Å². The van der Waals surface area contributed by atoms with Gasteiger partial charge >= 0.3 is 6.03 Å². The van der Waals surface area contributed by atoms with Crippen molar-refractivity contribution in [3.05, 3.63) is 84.7 Å². The molecule has 3 N–H and O–H groups in total. The summed E-state index contributed by atoms with van der Waals surface area (Å²) in [5.41, 5.74) is 2.00. The third-order valence-corrected chi connectivity index (χ3v) is 4.29. The molecule has 8 nitrogen and oxygen atoms in total. The fourth-order valence-corrected chi connectivity index (χ4v) is 2.77. The first kappa shape index (κ1) is 18.5. The van der Waals surface area contributed by atoms with E-state index in [1.165, 1.54) is 6.33 Å². The lowest BCUT2D eigenvalue weighted by atomic mass is 10.2. The topological polar surface area (TPSA) is 96.8 Å². The predicted octanol–water partition coefficient (Wildman–Crippen LogP) is 4.70. The molecular formula is C20H16ClN7O. The maximum atomic E-state index is 12.1. The lowest BCUT2D eigenvalue weighted by Gasteiger charge is -2.10. The number of carbonyl (C=O) groups is 1. The molecule has 0 aliphatic heterocycles. The van der Waals surface area contributed by atoms with Crippen LogP contribution in [-0.2, 0) is 0 Å². The molecule has 2 heterocycles. The SMILES string of the molecule is O=C(Nc1ccc(Nc2cc(-n3ccnc3)ncn2)cc1)Nc1ccccc1Cl. The molecule has 2 aromatic carbocycles. The molecule has 0 saturated heterocycles. The van der Waals surface area contributed by atoms with Crippen LogP contribution in [0.3, 0.4) is 0 Å². The van der Waals surface area contributed by atoms with Crippen LogP contribution in [0.1, 0.15) is 0 Å². The molecule has 0 saturated carbocycles. The fourth-order valence-electron chi connectivity index (χ4n) is 2.58. The van der Waals surface area contributed by atoms with Gasteiger partial charge in [0.2, 0.25) is 0 Å². The summed E-state index contributed by atoms with van der Waals surface area (Å²) in [5.74, 6) is 1.34. The average Bonchev–Trinajstić information content (AvgIpc) is 3.26. The van der Waals surface area contributed by atoms with E-state index in [0.29, 0.717) is 28.0 Å². The quantitative estimate of drug-likeness (QED) is 0.447. The fraction of sp³-hybridized carbons (Fsp3) is 0. The molecule has 0 aliphatic rings. The number of imidazole rings is 1. The van der Waals surface area contributed by atoms with E-state index in [1.807, 2.05) is 18.2 Å². The van der Waals surface area contributed by atoms with Crippen LogP contribution in [0, 0.1) is 0 Å². The van der Waals surface area contributed by atoms with E-state index >= 15 is 0 Å². The van der Waals surface area contributed by atoms with Crippen molar-refractivity contribution in [2.24, 2.45) is 0 Å². The average molecular weight is 406 g/mol. The van der Waals surface area contributed by atoms with E-state index in [9.17, 15) is 4.79 Å². The second-order valence-electron chi connectivity index (χ2n) is 5.99. The summed E-state index contributed by atoms with van der Waals surface area (Å²) in [5, 5.41) is 9.15. The number of benzene rings is 2. The number of nitrogens with zero attached hydrogens (tertiary/aromatic N) is 4. The van der Waals surface area contributed by atoms with Gasteiger partial charge in [-0.1, -0.05) is 23.7 Å². The lowest BCUT2D eigenvalue weighted by molar-refractivity contribution is 0.262. The van der Waals surface area contributed by atoms with Crippen molar-refractivity contribution in [3.8, 4) is 5.82 Å². The largest absolute Gasteiger partial charge is 0.340 e. The monoisotopic (exact) mass is 405 g/mol. The lowest BCUT2D eigenvalue weighted by Crippen LogP contribution is -2.19. The Bertz CT molecular complexity index is 1110. The summed E-state index contributed by atoms with van der Waals surface area (Å²) in [4.78, 5) is 24.6. The number of nitrogens with one attached hydrogen (secondary N) is 3. The smallest absolute Gasteiger partial charge is 0.323 e. The summed E-state index contributed by atoms with van der Waals surface area (Å²) in [6, 6.07) is 15.7. The Kier molecular flexibility index (Phi) is 5.35. The third-order valence-electron chi connectivity index (χ3n) is 3.96. The summed E-state index contributed by atoms with van der Waals surface area (Å²) < 4.78 is 1.79. The molecular weight excluding hydrogens is 390 g/mol. The Morgan fingerprint density at radius 2 is 1.76 bits per heavy atom. The highest BCUT2D eigenvalue weighted by atomic mass is 35.5. The highest BCUT2D eigenvalue weighted by Crippen LogP contribution is 2.22. The van der Waals surface area contributed by atoms with E-state index in [4.69, 9.17) is 11.6 Å². The summed E-state index contributed by atoms with van der Waals surface area (Å²) in [7, 11) is 0. The molecule has 2 amide bonds. The number of rotatable bonds is 5. The van der Waals surface area contributed by atoms with Gasteiger partial charge in [-0.15, -0.1) is 0 Å². The minimum absolute atomic E-state index is 0.375. The van der Waals surface area contributed by atoms with E-state index < -0.39 is 0 Å². The first-order chi connectivity index (χ1) is 14.2. The molecule has 9 heteroatoms. The standard InChI is InChI=1S/C20H16ClN7O/c21-16-3-1-2-4-17(16)27-20(29)26-15-7-5-14(6-8-15)25-18-11-19(24-12-23-18)28-10-9-22-13-28/h1-13H,(H,23,24,25)(H2,26,27,29). The van der Waals surface area contributed by atoms with Gasteiger partial charge in [-0.05, 0) is 36.4 Å². The molecule has 0 unspecified atom stereocenters. The van der Waals surface area contributed by atoms with Gasteiger partial charge < -0.3 is 16.0 Å². The van der Waals surface area contributed by atoms with Crippen LogP contribution in [0.15, 0.2) is 79.6 Å². The van der Waals surface area contributed by atoms with Gasteiger partial charge in [0.25, 0.3) is 0 Å². The Balaban J connectivity index is 1.39. The molecule has 0 fully saturated rings. The van der Waals surface area contributed by atoms with Crippen molar-refractivity contribution < 1.29 is 4.79 Å². The van der Waals surface area contributed by atoms with Crippen molar-refractivity contribution in [3.63, 3.8) is 0 Å². The molecule has 0 radical (unpaired) electrons. The third kappa shape index (κ3) is 4.69. The van der Waals surface area contributed by atoms with E-state index in [-0.39, 0.29) is 6.03 Å². The molecule has 0 spiro atoms. The molecule has 144 valence electrons. The second kappa shape index (κ2) is 8.41. The van der Waals surface area contributed by atoms with E-state index in [0.717, 1.165) is 5.69 Å². The zero-order valence-electron chi connectivity index (χ0n) is 15.1. The normalized spacial score (nSPS) is 10.4. The van der Waals surface area contributed by atoms with Crippen molar-refractivity contribution in [2.75, 3.05) is 16.0 Å². The highest BCUT2D eigenvalue weighted by Gasteiger charge is 2.06. The molecule has 2 aromatic heterocycles. The Hall–Kier alpha value is -3.91. The van der Waals surface area contributed by atoms with Gasteiger partial charge in [0.1, 0.15) is 24.3 Å². The van der Waals surface area contributed by atoms with Crippen LogP contribution in [0.25, 0.3) is 5.82 Å². The van der Waals surface area contributed by atoms with Crippen molar-refractivity contribution in [1.29, 1.82) is 0 Å². The number of amides is 2. The first-order valence-corrected chi connectivity index (χ1v) is 9.05. The summed E-state index contributed by atoms with van der Waals surface area (Å²) in [6.45, 7) is 0. The maximum absolute atomic E-state index is 12.1. The number of hydrogen-bond donors (Lipinski definition) is 3. The number of urea groups is 1. The second-order valence-corrected chi connectivity index (χ2v) is 6.40. The summed E-state index contributed by atoms with van der Waals surface area (Å²) in [6.07, 6.45) is 6.63. The molecule has 4 rings (SSSR count). The van der Waals surface area contributed by atoms with Crippen LogP contribution in [-0.4, -0.2) is 25.6 Å². The summed E-state index contributed by atoms with van der Waals surface area (Å²) >= 11 is 6.05. The maximum Gasteiger partial charge on any atom is 0.323 e. The van der Waals surface area contributed by atoms with E-state index in [1.54, 1.807) is 59.7 Å².